The van der Waals surface area contributed by atoms with Crippen molar-refractivity contribution < 1.29 is 9.53 Å². The van der Waals surface area contributed by atoms with Gasteiger partial charge in [-0.3, -0.25) is 4.79 Å². The lowest BCUT2D eigenvalue weighted by Crippen LogP contribution is -2.31. The smallest absolute Gasteiger partial charge is 0.217 e. The number of amides is 1. The van der Waals surface area contributed by atoms with E-state index in [9.17, 15) is 4.79 Å². The standard InChI is InChI=1S/C10H19NO2/c1-8(11-9(2)12)5-6-10-4-3-7-13-10/h8,10H,3-7H2,1-2H3,(H,11,12). The van der Waals surface area contributed by atoms with Gasteiger partial charge in [-0.15, -0.1) is 0 Å². The van der Waals surface area contributed by atoms with E-state index in [0.717, 1.165) is 19.4 Å². The second kappa shape index (κ2) is 5.22. The van der Waals surface area contributed by atoms with E-state index >= 15 is 0 Å². The minimum atomic E-state index is 0.0554. The number of rotatable bonds is 4. The molecule has 2 unspecified atom stereocenters. The molecule has 1 aliphatic heterocycles. The van der Waals surface area contributed by atoms with Gasteiger partial charge in [0.1, 0.15) is 0 Å². The van der Waals surface area contributed by atoms with E-state index in [4.69, 9.17) is 4.74 Å². The fourth-order valence-corrected chi connectivity index (χ4v) is 1.73. The molecule has 1 aliphatic rings. The fraction of sp³-hybridized carbons (Fsp3) is 0.900. The van der Waals surface area contributed by atoms with Crippen LogP contribution in [0.2, 0.25) is 0 Å². The Balaban J connectivity index is 2.06. The van der Waals surface area contributed by atoms with Crippen LogP contribution in [0.15, 0.2) is 0 Å². The highest BCUT2D eigenvalue weighted by Crippen LogP contribution is 2.17. The molecule has 0 aromatic carbocycles. The third kappa shape index (κ3) is 4.27. The summed E-state index contributed by atoms with van der Waals surface area (Å²) in [5, 5.41) is 2.87. The van der Waals surface area contributed by atoms with Gasteiger partial charge in [0.2, 0.25) is 5.91 Å². The summed E-state index contributed by atoms with van der Waals surface area (Å²) in [5.41, 5.74) is 0. The highest BCUT2D eigenvalue weighted by molar-refractivity contribution is 5.73. The summed E-state index contributed by atoms with van der Waals surface area (Å²) in [6.45, 7) is 4.51. The lowest BCUT2D eigenvalue weighted by Gasteiger charge is -2.14. The van der Waals surface area contributed by atoms with E-state index in [2.05, 4.69) is 5.32 Å². The molecule has 0 aromatic rings. The molecule has 0 spiro atoms. The second-order valence-electron chi connectivity index (χ2n) is 3.81. The molecular formula is C10H19NO2. The highest BCUT2D eigenvalue weighted by atomic mass is 16.5. The van der Waals surface area contributed by atoms with Crippen LogP contribution < -0.4 is 5.32 Å². The van der Waals surface area contributed by atoms with Crippen LogP contribution in [0.1, 0.15) is 39.5 Å². The van der Waals surface area contributed by atoms with Crippen molar-refractivity contribution in [2.75, 3.05) is 6.61 Å². The Kier molecular flexibility index (Phi) is 4.22. The van der Waals surface area contributed by atoms with Gasteiger partial charge in [0.25, 0.3) is 0 Å². The average Bonchev–Trinajstić information content (AvgIpc) is 2.51. The zero-order valence-corrected chi connectivity index (χ0v) is 8.51. The van der Waals surface area contributed by atoms with Gasteiger partial charge in [0.05, 0.1) is 6.10 Å². The first-order chi connectivity index (χ1) is 6.18. The predicted molar refractivity (Wildman–Crippen MR) is 51.5 cm³/mol. The lowest BCUT2D eigenvalue weighted by molar-refractivity contribution is -0.119. The fourth-order valence-electron chi connectivity index (χ4n) is 1.73. The van der Waals surface area contributed by atoms with Crippen molar-refractivity contribution >= 4 is 5.91 Å². The molecule has 0 aromatic heterocycles. The molecule has 1 heterocycles. The molecule has 3 heteroatoms. The molecule has 13 heavy (non-hydrogen) atoms. The Morgan fingerprint density at radius 1 is 1.69 bits per heavy atom. The average molecular weight is 185 g/mol. The van der Waals surface area contributed by atoms with Crippen LogP contribution >= 0.6 is 0 Å². The normalized spacial score (nSPS) is 24.3. The predicted octanol–water partition coefficient (Wildman–Crippen LogP) is 1.47. The van der Waals surface area contributed by atoms with Crippen LogP contribution in [-0.4, -0.2) is 24.7 Å². The summed E-state index contributed by atoms with van der Waals surface area (Å²) < 4.78 is 5.50. The van der Waals surface area contributed by atoms with Gasteiger partial charge in [-0.2, -0.15) is 0 Å². The van der Waals surface area contributed by atoms with Crippen LogP contribution in [0.5, 0.6) is 0 Å². The highest BCUT2D eigenvalue weighted by Gasteiger charge is 2.16. The molecule has 76 valence electrons. The van der Waals surface area contributed by atoms with E-state index < -0.39 is 0 Å². The number of carbonyl (C=O) groups excluding carboxylic acids is 1. The van der Waals surface area contributed by atoms with Crippen LogP contribution in [0.3, 0.4) is 0 Å². The van der Waals surface area contributed by atoms with Gasteiger partial charge >= 0.3 is 0 Å². The minimum Gasteiger partial charge on any atom is -0.378 e. The molecule has 1 amide bonds. The minimum absolute atomic E-state index is 0.0554. The van der Waals surface area contributed by atoms with E-state index in [1.165, 1.54) is 12.8 Å². The van der Waals surface area contributed by atoms with Gasteiger partial charge in [0, 0.05) is 19.6 Å². The monoisotopic (exact) mass is 185 g/mol. The number of hydrogen-bond acceptors (Lipinski definition) is 2. The molecule has 1 N–H and O–H groups in total. The van der Waals surface area contributed by atoms with Crippen LogP contribution in [0.25, 0.3) is 0 Å². The first-order valence-corrected chi connectivity index (χ1v) is 5.07. The number of carbonyl (C=O) groups is 1. The van der Waals surface area contributed by atoms with Crippen LogP contribution in [0.4, 0.5) is 0 Å². The van der Waals surface area contributed by atoms with Crippen molar-refractivity contribution in [3.8, 4) is 0 Å². The summed E-state index contributed by atoms with van der Waals surface area (Å²) in [4.78, 5) is 10.7. The zero-order chi connectivity index (χ0) is 9.68. The molecule has 1 fully saturated rings. The molecule has 0 saturated carbocycles. The zero-order valence-electron chi connectivity index (χ0n) is 8.51. The third-order valence-electron chi connectivity index (χ3n) is 2.40. The Hall–Kier alpha value is -0.570. The Morgan fingerprint density at radius 3 is 3.00 bits per heavy atom. The summed E-state index contributed by atoms with van der Waals surface area (Å²) in [6, 6.07) is 0.279. The number of hydrogen-bond donors (Lipinski definition) is 1. The maximum absolute atomic E-state index is 10.7. The SMILES string of the molecule is CC(=O)NC(C)CCC1CCCO1. The molecule has 0 aliphatic carbocycles. The third-order valence-corrected chi connectivity index (χ3v) is 2.40. The van der Waals surface area contributed by atoms with Gasteiger partial charge in [-0.1, -0.05) is 0 Å². The van der Waals surface area contributed by atoms with E-state index in [1.807, 2.05) is 6.92 Å². The maximum atomic E-state index is 10.7. The molecule has 0 radical (unpaired) electrons. The summed E-state index contributed by atoms with van der Waals surface area (Å²) >= 11 is 0. The molecule has 0 bridgehead atoms. The van der Waals surface area contributed by atoms with E-state index in [-0.39, 0.29) is 11.9 Å². The first kappa shape index (κ1) is 10.5. The Morgan fingerprint density at radius 2 is 2.46 bits per heavy atom. The summed E-state index contributed by atoms with van der Waals surface area (Å²) in [7, 11) is 0. The van der Waals surface area contributed by atoms with Crippen molar-refractivity contribution in [3.63, 3.8) is 0 Å². The van der Waals surface area contributed by atoms with Crippen molar-refractivity contribution in [2.45, 2.75) is 51.7 Å². The molecule has 1 saturated heterocycles. The van der Waals surface area contributed by atoms with Gasteiger partial charge in [-0.25, -0.2) is 0 Å². The molecule has 2 atom stereocenters. The van der Waals surface area contributed by atoms with E-state index in [1.54, 1.807) is 6.92 Å². The summed E-state index contributed by atoms with van der Waals surface area (Å²) in [5.74, 6) is 0.0554. The van der Waals surface area contributed by atoms with E-state index in [0.29, 0.717) is 6.10 Å². The van der Waals surface area contributed by atoms with Crippen molar-refractivity contribution in [3.05, 3.63) is 0 Å². The van der Waals surface area contributed by atoms with Crippen LogP contribution in [-0.2, 0) is 9.53 Å². The maximum Gasteiger partial charge on any atom is 0.217 e. The number of nitrogens with one attached hydrogen (secondary N) is 1. The van der Waals surface area contributed by atoms with Crippen LogP contribution in [0, 0.1) is 0 Å². The van der Waals surface area contributed by atoms with Crippen molar-refractivity contribution in [1.29, 1.82) is 0 Å². The lowest BCUT2D eigenvalue weighted by atomic mass is 10.1. The number of ether oxygens (including phenoxy) is 1. The van der Waals surface area contributed by atoms with Gasteiger partial charge in [-0.05, 0) is 32.6 Å². The van der Waals surface area contributed by atoms with Gasteiger partial charge < -0.3 is 10.1 Å². The molecule has 3 nitrogen and oxygen atoms in total. The second-order valence-corrected chi connectivity index (χ2v) is 3.81. The Bertz CT molecular complexity index is 164. The first-order valence-electron chi connectivity index (χ1n) is 5.07. The topological polar surface area (TPSA) is 38.3 Å². The molecule has 1 rings (SSSR count). The summed E-state index contributed by atoms with van der Waals surface area (Å²) in [6.07, 6.45) is 4.91. The van der Waals surface area contributed by atoms with Crippen molar-refractivity contribution in [2.24, 2.45) is 0 Å². The Labute approximate surface area is 79.8 Å². The largest absolute Gasteiger partial charge is 0.378 e. The van der Waals surface area contributed by atoms with Crippen molar-refractivity contribution in [1.82, 2.24) is 5.32 Å². The molecular weight excluding hydrogens is 166 g/mol. The van der Waals surface area contributed by atoms with Gasteiger partial charge in [0.15, 0.2) is 0 Å². The quantitative estimate of drug-likeness (QED) is 0.720.